The van der Waals surface area contributed by atoms with Crippen molar-refractivity contribution in [1.29, 1.82) is 0 Å². The Balaban J connectivity index is 1.24. The van der Waals surface area contributed by atoms with Gasteiger partial charge in [0.05, 0.1) is 49.0 Å². The SMILES string of the molecule is COc1cnc2c(-c3nc4cc(F)c(O[C@@H](C)COC(=O)Nc5cnc(O[C@@H](C)CO)nc5)nc4s3)cc(C)cc2n1. The third kappa shape index (κ3) is 6.58. The second kappa shape index (κ2) is 12.4. The number of hydrogen-bond donors (Lipinski definition) is 2. The minimum absolute atomic E-state index is 0.0543. The van der Waals surface area contributed by atoms with Gasteiger partial charge in [-0.1, -0.05) is 11.3 Å². The number of aryl methyl sites for hydroxylation is 1. The first-order valence-corrected chi connectivity index (χ1v) is 13.5. The number of thiazole rings is 1. The number of anilines is 1. The lowest BCUT2D eigenvalue weighted by Crippen LogP contribution is -2.25. The zero-order valence-electron chi connectivity index (χ0n) is 23.0. The average molecular weight is 596 g/mol. The molecule has 0 unspecified atom stereocenters. The molecule has 1 amide bonds. The van der Waals surface area contributed by atoms with Crippen LogP contribution in [0, 0.1) is 12.7 Å². The summed E-state index contributed by atoms with van der Waals surface area (Å²) in [5, 5.41) is 12.1. The van der Waals surface area contributed by atoms with Crippen LogP contribution in [-0.2, 0) is 4.74 Å². The van der Waals surface area contributed by atoms with Crippen molar-refractivity contribution in [1.82, 2.24) is 29.9 Å². The predicted molar refractivity (Wildman–Crippen MR) is 151 cm³/mol. The number of fused-ring (bicyclic) bond motifs is 2. The van der Waals surface area contributed by atoms with Crippen molar-refractivity contribution in [3.8, 4) is 28.3 Å². The first-order chi connectivity index (χ1) is 20.2. The number of nitrogens with one attached hydrogen (secondary N) is 1. The van der Waals surface area contributed by atoms with Gasteiger partial charge in [-0.2, -0.15) is 4.98 Å². The quantitative estimate of drug-likeness (QED) is 0.235. The molecule has 0 radical (unpaired) electrons. The topological polar surface area (TPSA) is 164 Å². The van der Waals surface area contributed by atoms with E-state index in [0.717, 1.165) is 11.1 Å². The van der Waals surface area contributed by atoms with E-state index in [1.54, 1.807) is 13.8 Å². The van der Waals surface area contributed by atoms with E-state index in [1.807, 2.05) is 19.1 Å². The van der Waals surface area contributed by atoms with Crippen molar-refractivity contribution >= 4 is 44.5 Å². The van der Waals surface area contributed by atoms with E-state index in [2.05, 4.69) is 35.2 Å². The van der Waals surface area contributed by atoms with Gasteiger partial charge in [-0.05, 0) is 38.5 Å². The van der Waals surface area contributed by atoms with Crippen LogP contribution >= 0.6 is 11.3 Å². The molecule has 5 rings (SSSR count). The molecule has 2 N–H and O–H groups in total. The lowest BCUT2D eigenvalue weighted by atomic mass is 10.1. The van der Waals surface area contributed by atoms with Gasteiger partial charge < -0.3 is 24.1 Å². The number of halogens is 1. The third-order valence-corrected chi connectivity index (χ3v) is 6.71. The fraction of sp³-hybridized carbons (Fsp3) is 0.296. The van der Waals surface area contributed by atoms with Gasteiger partial charge in [0, 0.05) is 11.6 Å². The number of ether oxygens (including phenoxy) is 4. The zero-order valence-corrected chi connectivity index (χ0v) is 23.8. The Hall–Kier alpha value is -4.76. The van der Waals surface area contributed by atoms with Gasteiger partial charge in [0.25, 0.3) is 5.88 Å². The molecule has 5 aromatic rings. The van der Waals surface area contributed by atoms with E-state index in [-0.39, 0.29) is 30.8 Å². The van der Waals surface area contributed by atoms with Crippen LogP contribution in [0.5, 0.6) is 17.8 Å². The molecule has 4 aromatic heterocycles. The molecule has 218 valence electrons. The summed E-state index contributed by atoms with van der Waals surface area (Å²) in [6.07, 6.45) is 2.21. The van der Waals surface area contributed by atoms with Gasteiger partial charge >= 0.3 is 12.1 Å². The number of pyridine rings is 1. The fourth-order valence-electron chi connectivity index (χ4n) is 3.76. The summed E-state index contributed by atoms with van der Waals surface area (Å²) in [5.41, 5.74) is 3.61. The van der Waals surface area contributed by atoms with Crippen LogP contribution in [0.1, 0.15) is 19.4 Å². The first-order valence-electron chi connectivity index (χ1n) is 12.7. The Morgan fingerprint density at radius 3 is 2.55 bits per heavy atom. The number of hydrogen-bond acceptors (Lipinski definition) is 13. The van der Waals surface area contributed by atoms with Crippen molar-refractivity contribution in [3.05, 3.63) is 48.2 Å². The second-order valence-corrected chi connectivity index (χ2v) is 10.2. The van der Waals surface area contributed by atoms with Gasteiger partial charge in [-0.25, -0.2) is 34.1 Å². The van der Waals surface area contributed by atoms with Crippen molar-refractivity contribution < 1.29 is 33.2 Å². The summed E-state index contributed by atoms with van der Waals surface area (Å²) < 4.78 is 36.2. The molecule has 1 aromatic carbocycles. The monoisotopic (exact) mass is 595 g/mol. The van der Waals surface area contributed by atoms with E-state index >= 15 is 0 Å². The first kappa shape index (κ1) is 28.8. The summed E-state index contributed by atoms with van der Waals surface area (Å²) in [6, 6.07) is 5.14. The molecule has 13 nitrogen and oxygen atoms in total. The largest absolute Gasteiger partial charge is 0.480 e. The molecular formula is C27H26FN7O6S. The maximum atomic E-state index is 14.9. The number of nitrogens with zero attached hydrogens (tertiary/aromatic N) is 6. The molecule has 0 aliphatic heterocycles. The Morgan fingerprint density at radius 2 is 1.81 bits per heavy atom. The van der Waals surface area contributed by atoms with Crippen molar-refractivity contribution in [2.24, 2.45) is 0 Å². The fourth-order valence-corrected chi connectivity index (χ4v) is 4.69. The number of carbonyl (C=O) groups excluding carboxylic acids is 1. The van der Waals surface area contributed by atoms with Crippen LogP contribution in [0.4, 0.5) is 14.9 Å². The number of rotatable bonds is 10. The summed E-state index contributed by atoms with van der Waals surface area (Å²) in [6.45, 7) is 4.83. The number of carbonyl (C=O) groups is 1. The predicted octanol–water partition coefficient (Wildman–Crippen LogP) is 4.32. The highest BCUT2D eigenvalue weighted by Gasteiger charge is 2.19. The Kier molecular flexibility index (Phi) is 8.49. The smallest absolute Gasteiger partial charge is 0.411 e. The Labute approximate surface area is 242 Å². The molecule has 0 saturated carbocycles. The molecule has 15 heteroatoms. The van der Waals surface area contributed by atoms with Crippen LogP contribution in [0.15, 0.2) is 36.8 Å². The maximum absolute atomic E-state index is 14.9. The number of aliphatic hydroxyl groups is 1. The normalized spacial score (nSPS) is 12.6. The summed E-state index contributed by atoms with van der Waals surface area (Å²) in [5.74, 6) is -0.551. The van der Waals surface area contributed by atoms with Gasteiger partial charge in [-0.15, -0.1) is 0 Å². The van der Waals surface area contributed by atoms with E-state index < -0.39 is 24.1 Å². The zero-order chi connectivity index (χ0) is 29.8. The standard InChI is InChI=1S/C27H26FN7O6S/c1-13-5-17(22-19(6-13)33-21(38-4)10-29-22)24-34-20-7-18(28)23(35-25(20)42-24)40-15(3)12-39-27(37)32-16-8-30-26(31-9-16)41-14(2)11-36/h5-10,14-15,36H,11-12H2,1-4H3,(H,32,37)/t14-,15-/m0/s1. The molecule has 2 atom stereocenters. The Bertz CT molecular complexity index is 1740. The summed E-state index contributed by atoms with van der Waals surface area (Å²) in [4.78, 5) is 38.4. The highest BCUT2D eigenvalue weighted by molar-refractivity contribution is 7.21. The molecular weight excluding hydrogens is 569 g/mol. The molecule has 4 heterocycles. The molecule has 0 bridgehead atoms. The number of aromatic nitrogens is 6. The molecule has 0 aliphatic rings. The summed E-state index contributed by atoms with van der Waals surface area (Å²) in [7, 11) is 1.52. The lowest BCUT2D eigenvalue weighted by Gasteiger charge is -2.15. The lowest BCUT2D eigenvalue weighted by molar-refractivity contribution is 0.0941. The number of aliphatic hydroxyl groups excluding tert-OH is 1. The third-order valence-electron chi connectivity index (χ3n) is 5.71. The van der Waals surface area contributed by atoms with Crippen molar-refractivity contribution in [3.63, 3.8) is 0 Å². The van der Waals surface area contributed by atoms with E-state index in [9.17, 15) is 9.18 Å². The second-order valence-electron chi connectivity index (χ2n) is 9.23. The minimum atomic E-state index is -0.784. The van der Waals surface area contributed by atoms with Gasteiger partial charge in [-0.3, -0.25) is 5.32 Å². The van der Waals surface area contributed by atoms with Gasteiger partial charge in [0.15, 0.2) is 5.82 Å². The molecule has 0 saturated heterocycles. The van der Waals surface area contributed by atoms with Crippen LogP contribution in [0.2, 0.25) is 0 Å². The van der Waals surface area contributed by atoms with E-state index in [0.29, 0.717) is 32.3 Å². The number of methoxy groups -OCH3 is 1. The van der Waals surface area contributed by atoms with E-state index in [4.69, 9.17) is 24.1 Å². The van der Waals surface area contributed by atoms with Gasteiger partial charge in [0.2, 0.25) is 5.88 Å². The van der Waals surface area contributed by atoms with Crippen LogP contribution in [0.25, 0.3) is 32.0 Å². The molecule has 0 fully saturated rings. The van der Waals surface area contributed by atoms with Gasteiger partial charge in [0.1, 0.15) is 34.2 Å². The summed E-state index contributed by atoms with van der Waals surface area (Å²) >= 11 is 1.26. The maximum Gasteiger partial charge on any atom is 0.411 e. The van der Waals surface area contributed by atoms with E-state index in [1.165, 1.54) is 43.1 Å². The number of benzene rings is 1. The molecule has 42 heavy (non-hydrogen) atoms. The van der Waals surface area contributed by atoms with Crippen molar-refractivity contribution in [2.75, 3.05) is 25.6 Å². The molecule has 0 spiro atoms. The molecule has 0 aliphatic carbocycles. The highest BCUT2D eigenvalue weighted by Crippen LogP contribution is 2.35. The van der Waals surface area contributed by atoms with Crippen LogP contribution < -0.4 is 19.5 Å². The van der Waals surface area contributed by atoms with Crippen LogP contribution in [-0.4, -0.2) is 73.6 Å². The highest BCUT2D eigenvalue weighted by atomic mass is 32.1. The van der Waals surface area contributed by atoms with Crippen LogP contribution in [0.3, 0.4) is 0 Å². The average Bonchev–Trinajstić information content (AvgIpc) is 3.38. The minimum Gasteiger partial charge on any atom is -0.480 e. The number of amides is 1. The Morgan fingerprint density at radius 1 is 1.02 bits per heavy atom. The van der Waals surface area contributed by atoms with Crippen molar-refractivity contribution in [2.45, 2.75) is 33.0 Å².